The van der Waals surface area contributed by atoms with Gasteiger partial charge in [0, 0.05) is 24.0 Å². The van der Waals surface area contributed by atoms with Gasteiger partial charge in [-0.1, -0.05) is 6.92 Å². The summed E-state index contributed by atoms with van der Waals surface area (Å²) >= 11 is 1.64. The van der Waals surface area contributed by atoms with Crippen LogP contribution in [0.3, 0.4) is 0 Å². The van der Waals surface area contributed by atoms with Gasteiger partial charge in [0.15, 0.2) is 5.13 Å². The number of rotatable bonds is 9. The zero-order valence-electron chi connectivity index (χ0n) is 12.7. The molecule has 0 fully saturated rings. The number of nitrogens with zero attached hydrogens (tertiary/aromatic N) is 1. The molecule has 0 radical (unpaired) electrons. The molecule has 0 saturated heterocycles. The smallest absolute Gasteiger partial charge is 0.187 e. The van der Waals surface area contributed by atoms with E-state index in [1.54, 1.807) is 11.3 Å². The third-order valence-corrected chi connectivity index (χ3v) is 3.76. The average Bonchev–Trinajstić information content (AvgIpc) is 2.94. The zero-order valence-corrected chi connectivity index (χ0v) is 13.5. The molecule has 2 N–H and O–H groups in total. The molecule has 0 aliphatic carbocycles. The first kappa shape index (κ1) is 15.8. The Labute approximate surface area is 130 Å². The summed E-state index contributed by atoms with van der Waals surface area (Å²) in [6.45, 7) is 6.91. The lowest BCUT2D eigenvalue weighted by molar-refractivity contribution is 0.340. The van der Waals surface area contributed by atoms with E-state index in [9.17, 15) is 0 Å². The second-order valence-electron chi connectivity index (χ2n) is 4.73. The third-order valence-electron chi connectivity index (χ3n) is 2.95. The van der Waals surface area contributed by atoms with Gasteiger partial charge in [0.05, 0.1) is 12.3 Å². The standard InChI is InChI=1S/C16H23N3OS/c1-3-10-17-11-9-14-12-21-16(19-14)18-13-5-7-15(8-6-13)20-4-2/h5-8,12,17H,3-4,9-11H2,1-2H3,(H,18,19). The molecule has 0 bridgehead atoms. The Morgan fingerprint density at radius 3 is 2.67 bits per heavy atom. The third kappa shape index (κ3) is 5.36. The van der Waals surface area contributed by atoms with Crippen molar-refractivity contribution >= 4 is 22.2 Å². The molecule has 0 aliphatic heterocycles. The Morgan fingerprint density at radius 1 is 1.14 bits per heavy atom. The predicted octanol–water partition coefficient (Wildman–Crippen LogP) is 3.83. The second-order valence-corrected chi connectivity index (χ2v) is 5.58. The molecule has 4 nitrogen and oxygen atoms in total. The van der Waals surface area contributed by atoms with Crippen LogP contribution in [-0.4, -0.2) is 24.7 Å². The summed E-state index contributed by atoms with van der Waals surface area (Å²) in [4.78, 5) is 4.60. The van der Waals surface area contributed by atoms with Crippen molar-refractivity contribution in [3.05, 3.63) is 35.3 Å². The van der Waals surface area contributed by atoms with Crippen molar-refractivity contribution in [2.24, 2.45) is 0 Å². The summed E-state index contributed by atoms with van der Waals surface area (Å²) in [5.41, 5.74) is 2.17. The minimum atomic E-state index is 0.689. The van der Waals surface area contributed by atoms with Gasteiger partial charge < -0.3 is 15.4 Å². The number of hydrogen-bond acceptors (Lipinski definition) is 5. The number of anilines is 2. The molecular weight excluding hydrogens is 282 g/mol. The van der Waals surface area contributed by atoms with E-state index < -0.39 is 0 Å². The van der Waals surface area contributed by atoms with E-state index in [1.807, 2.05) is 31.2 Å². The molecule has 5 heteroatoms. The molecular formula is C16H23N3OS. The van der Waals surface area contributed by atoms with E-state index >= 15 is 0 Å². The molecule has 1 heterocycles. The first-order valence-corrected chi connectivity index (χ1v) is 8.34. The Bertz CT molecular complexity index is 525. The van der Waals surface area contributed by atoms with Gasteiger partial charge in [0.2, 0.25) is 0 Å². The lowest BCUT2D eigenvalue weighted by Crippen LogP contribution is -2.17. The second kappa shape index (κ2) is 8.64. The summed E-state index contributed by atoms with van der Waals surface area (Å²) in [5, 5.41) is 9.77. The summed E-state index contributed by atoms with van der Waals surface area (Å²) in [6, 6.07) is 7.95. The highest BCUT2D eigenvalue weighted by atomic mass is 32.1. The fourth-order valence-corrected chi connectivity index (χ4v) is 2.69. The number of thiazole rings is 1. The molecule has 0 aliphatic rings. The van der Waals surface area contributed by atoms with Gasteiger partial charge in [-0.3, -0.25) is 0 Å². The van der Waals surface area contributed by atoms with E-state index in [0.29, 0.717) is 6.61 Å². The quantitative estimate of drug-likeness (QED) is 0.691. The van der Waals surface area contributed by atoms with Crippen molar-refractivity contribution in [2.45, 2.75) is 26.7 Å². The highest BCUT2D eigenvalue weighted by Gasteiger charge is 2.02. The topological polar surface area (TPSA) is 46.2 Å². The highest BCUT2D eigenvalue weighted by Crippen LogP contribution is 2.23. The van der Waals surface area contributed by atoms with Crippen LogP contribution >= 0.6 is 11.3 Å². The molecule has 21 heavy (non-hydrogen) atoms. The molecule has 0 saturated carbocycles. The largest absolute Gasteiger partial charge is 0.494 e. The molecule has 0 amide bonds. The molecule has 2 rings (SSSR count). The van der Waals surface area contributed by atoms with Crippen molar-refractivity contribution in [3.63, 3.8) is 0 Å². The fraction of sp³-hybridized carbons (Fsp3) is 0.438. The van der Waals surface area contributed by atoms with Crippen LogP contribution in [0.1, 0.15) is 26.0 Å². The van der Waals surface area contributed by atoms with Gasteiger partial charge in [-0.05, 0) is 44.2 Å². The van der Waals surface area contributed by atoms with Crippen LogP contribution in [0, 0.1) is 0 Å². The van der Waals surface area contributed by atoms with Crippen molar-refractivity contribution in [1.29, 1.82) is 0 Å². The van der Waals surface area contributed by atoms with Crippen LogP contribution < -0.4 is 15.4 Å². The minimum absolute atomic E-state index is 0.689. The SMILES string of the molecule is CCCNCCc1csc(Nc2ccc(OCC)cc2)n1. The fourth-order valence-electron chi connectivity index (χ4n) is 1.92. The van der Waals surface area contributed by atoms with Crippen LogP contribution in [0.5, 0.6) is 5.75 Å². The van der Waals surface area contributed by atoms with Crippen molar-refractivity contribution < 1.29 is 4.74 Å². The van der Waals surface area contributed by atoms with Crippen LogP contribution in [0.15, 0.2) is 29.6 Å². The van der Waals surface area contributed by atoms with Gasteiger partial charge in [0.1, 0.15) is 5.75 Å². The summed E-state index contributed by atoms with van der Waals surface area (Å²) in [5.74, 6) is 0.893. The molecule has 0 unspecified atom stereocenters. The number of ether oxygens (including phenoxy) is 1. The summed E-state index contributed by atoms with van der Waals surface area (Å²) in [6.07, 6.45) is 2.14. The molecule has 2 aromatic rings. The maximum Gasteiger partial charge on any atom is 0.187 e. The Kier molecular flexibility index (Phi) is 6.50. The van der Waals surface area contributed by atoms with Crippen molar-refractivity contribution in [1.82, 2.24) is 10.3 Å². The lowest BCUT2D eigenvalue weighted by Gasteiger charge is -2.05. The van der Waals surface area contributed by atoms with Gasteiger partial charge in [-0.25, -0.2) is 4.98 Å². The Balaban J connectivity index is 1.84. The van der Waals surface area contributed by atoms with Crippen molar-refractivity contribution in [2.75, 3.05) is 25.0 Å². The molecule has 114 valence electrons. The predicted molar refractivity (Wildman–Crippen MR) is 89.9 cm³/mol. The number of hydrogen-bond donors (Lipinski definition) is 2. The van der Waals surface area contributed by atoms with Crippen LogP contribution in [0.4, 0.5) is 10.8 Å². The minimum Gasteiger partial charge on any atom is -0.494 e. The maximum atomic E-state index is 5.43. The van der Waals surface area contributed by atoms with E-state index in [-0.39, 0.29) is 0 Å². The Morgan fingerprint density at radius 2 is 1.95 bits per heavy atom. The summed E-state index contributed by atoms with van der Waals surface area (Å²) in [7, 11) is 0. The van der Waals surface area contributed by atoms with Crippen molar-refractivity contribution in [3.8, 4) is 5.75 Å². The molecule has 0 spiro atoms. The molecule has 1 aromatic heterocycles. The van der Waals surface area contributed by atoms with Crippen LogP contribution in [-0.2, 0) is 6.42 Å². The van der Waals surface area contributed by atoms with Gasteiger partial charge in [-0.15, -0.1) is 11.3 Å². The number of benzene rings is 1. The summed E-state index contributed by atoms with van der Waals surface area (Å²) < 4.78 is 5.43. The highest BCUT2D eigenvalue weighted by molar-refractivity contribution is 7.13. The van der Waals surface area contributed by atoms with E-state index in [0.717, 1.165) is 41.8 Å². The normalized spacial score (nSPS) is 10.6. The Hall–Kier alpha value is -1.59. The maximum absolute atomic E-state index is 5.43. The first-order chi connectivity index (χ1) is 10.3. The molecule has 0 atom stereocenters. The molecule has 1 aromatic carbocycles. The first-order valence-electron chi connectivity index (χ1n) is 7.46. The number of aromatic nitrogens is 1. The average molecular weight is 305 g/mol. The zero-order chi connectivity index (χ0) is 14.9. The van der Waals surface area contributed by atoms with E-state index in [4.69, 9.17) is 4.74 Å². The van der Waals surface area contributed by atoms with E-state index in [2.05, 4.69) is 27.9 Å². The lowest BCUT2D eigenvalue weighted by atomic mass is 10.3. The van der Waals surface area contributed by atoms with Gasteiger partial charge in [-0.2, -0.15) is 0 Å². The van der Waals surface area contributed by atoms with Gasteiger partial charge >= 0.3 is 0 Å². The number of nitrogens with one attached hydrogen (secondary N) is 2. The monoisotopic (exact) mass is 305 g/mol. The van der Waals surface area contributed by atoms with Crippen LogP contribution in [0.25, 0.3) is 0 Å². The van der Waals surface area contributed by atoms with E-state index in [1.165, 1.54) is 6.42 Å². The van der Waals surface area contributed by atoms with Crippen LogP contribution in [0.2, 0.25) is 0 Å². The van der Waals surface area contributed by atoms with Gasteiger partial charge in [0.25, 0.3) is 0 Å².